The zero-order valence-corrected chi connectivity index (χ0v) is 9.07. The van der Waals surface area contributed by atoms with Crippen molar-refractivity contribution in [2.45, 2.75) is 92.9 Å². The fourth-order valence-electron chi connectivity index (χ4n) is 1.56. The molecule has 0 aromatic heterocycles. The molecule has 0 aromatic carbocycles. The van der Waals surface area contributed by atoms with Crippen LogP contribution in [0.25, 0.3) is 0 Å². The summed E-state index contributed by atoms with van der Waals surface area (Å²) in [5.41, 5.74) is 0. The van der Waals surface area contributed by atoms with Gasteiger partial charge in [0.25, 0.3) is 0 Å². The van der Waals surface area contributed by atoms with Crippen LogP contribution in [0.15, 0.2) is 0 Å². The van der Waals surface area contributed by atoms with Crippen LogP contribution in [0.1, 0.15) is 92.9 Å². The summed E-state index contributed by atoms with van der Waals surface area (Å²) in [4.78, 5) is 0. The molecular weight excluding hydrogens is 168 g/mol. The molecule has 90 valence electrons. The van der Waals surface area contributed by atoms with Crippen molar-refractivity contribution in [1.82, 2.24) is 0 Å². The molecule has 0 aliphatic rings. The molecule has 0 bridgehead atoms. The summed E-state index contributed by atoms with van der Waals surface area (Å²) >= 11 is 0. The lowest BCUT2D eigenvalue weighted by Gasteiger charge is -1.99. The van der Waals surface area contributed by atoms with Crippen LogP contribution in [0.3, 0.4) is 0 Å². The molecule has 0 unspecified atom stereocenters. The molecule has 0 heterocycles. The van der Waals surface area contributed by atoms with Gasteiger partial charge in [-0.05, 0) is 0 Å². The SMILES string of the molecule is C.C.CCCCCCCCCCCC. The smallest absolute Gasteiger partial charge is 0.0533 e. The van der Waals surface area contributed by atoms with Crippen molar-refractivity contribution in [1.29, 1.82) is 0 Å². The average molecular weight is 202 g/mol. The second-order valence-corrected chi connectivity index (χ2v) is 3.83. The van der Waals surface area contributed by atoms with E-state index in [1.54, 1.807) is 0 Å². The van der Waals surface area contributed by atoms with Gasteiger partial charge in [0, 0.05) is 0 Å². The van der Waals surface area contributed by atoms with Crippen LogP contribution in [-0.4, -0.2) is 0 Å². The highest BCUT2D eigenvalue weighted by Gasteiger charge is 1.90. The van der Waals surface area contributed by atoms with Crippen molar-refractivity contribution in [2.24, 2.45) is 0 Å². The molecule has 0 N–H and O–H groups in total. The molecule has 0 rings (SSSR count). The predicted octanol–water partition coefficient (Wildman–Crippen LogP) is 6.20. The largest absolute Gasteiger partial charge is 0.0776 e. The maximum absolute atomic E-state index is 2.28. The summed E-state index contributed by atoms with van der Waals surface area (Å²) < 4.78 is 0. The Morgan fingerprint density at radius 3 is 0.857 bits per heavy atom. The van der Waals surface area contributed by atoms with Gasteiger partial charge in [0.2, 0.25) is 0 Å². The molecule has 0 amide bonds. The maximum Gasteiger partial charge on any atom is -0.0533 e. The minimum atomic E-state index is 0. The standard InChI is InChI=1S/C12H26.2CH4/c1-3-5-7-9-11-12-10-8-6-4-2;;/h3-12H2,1-2H3;2*1H4. The first-order chi connectivity index (χ1) is 5.91. The van der Waals surface area contributed by atoms with Crippen LogP contribution in [0.5, 0.6) is 0 Å². The highest BCUT2D eigenvalue weighted by molar-refractivity contribution is 4.45. The van der Waals surface area contributed by atoms with Crippen molar-refractivity contribution < 1.29 is 0 Å². The highest BCUT2D eigenvalue weighted by atomic mass is 14.0. The molecule has 0 aliphatic carbocycles. The molecule has 0 saturated heterocycles. The maximum atomic E-state index is 2.28. The molecule has 0 radical (unpaired) electrons. The van der Waals surface area contributed by atoms with Gasteiger partial charge in [0.1, 0.15) is 0 Å². The predicted molar refractivity (Wildman–Crippen MR) is 71.0 cm³/mol. The Hall–Kier alpha value is 0. The summed E-state index contributed by atoms with van der Waals surface area (Å²) in [5, 5.41) is 0. The quantitative estimate of drug-likeness (QED) is 0.390. The lowest BCUT2D eigenvalue weighted by molar-refractivity contribution is 0.562. The Labute approximate surface area is 93.5 Å². The second-order valence-electron chi connectivity index (χ2n) is 3.83. The van der Waals surface area contributed by atoms with E-state index in [-0.39, 0.29) is 14.9 Å². The lowest BCUT2D eigenvalue weighted by Crippen LogP contribution is -1.80. The molecule has 14 heavy (non-hydrogen) atoms. The Bertz CT molecular complexity index is 56.4. The molecule has 0 spiro atoms. The molecule has 0 heteroatoms. The fourth-order valence-corrected chi connectivity index (χ4v) is 1.56. The molecule has 0 atom stereocenters. The van der Waals surface area contributed by atoms with Gasteiger partial charge in [-0.25, -0.2) is 0 Å². The van der Waals surface area contributed by atoms with Crippen LogP contribution in [0, 0.1) is 0 Å². The number of rotatable bonds is 9. The first-order valence-electron chi connectivity index (χ1n) is 5.91. The van der Waals surface area contributed by atoms with E-state index in [1.165, 1.54) is 64.2 Å². The molecule has 0 aromatic rings. The van der Waals surface area contributed by atoms with Crippen LogP contribution in [0.2, 0.25) is 0 Å². The van der Waals surface area contributed by atoms with Gasteiger partial charge in [-0.15, -0.1) is 0 Å². The second kappa shape index (κ2) is 18.7. The molecule has 0 saturated carbocycles. The normalized spacial score (nSPS) is 9.00. The van der Waals surface area contributed by atoms with Gasteiger partial charge in [-0.1, -0.05) is 92.9 Å². The number of hydrogen-bond donors (Lipinski definition) is 0. The minimum Gasteiger partial charge on any atom is -0.0776 e. The van der Waals surface area contributed by atoms with Crippen molar-refractivity contribution in [3.63, 3.8) is 0 Å². The Morgan fingerprint density at radius 1 is 0.429 bits per heavy atom. The van der Waals surface area contributed by atoms with E-state index in [2.05, 4.69) is 13.8 Å². The van der Waals surface area contributed by atoms with Crippen molar-refractivity contribution >= 4 is 0 Å². The van der Waals surface area contributed by atoms with Gasteiger partial charge >= 0.3 is 0 Å². The summed E-state index contributed by atoms with van der Waals surface area (Å²) in [5.74, 6) is 0. The van der Waals surface area contributed by atoms with Crippen LogP contribution >= 0.6 is 0 Å². The average Bonchev–Trinajstić information content (AvgIpc) is 2.10. The third-order valence-corrected chi connectivity index (χ3v) is 2.46. The van der Waals surface area contributed by atoms with E-state index in [9.17, 15) is 0 Å². The molecular formula is C14H34. The molecule has 0 fully saturated rings. The van der Waals surface area contributed by atoms with E-state index < -0.39 is 0 Å². The van der Waals surface area contributed by atoms with Crippen molar-refractivity contribution in [3.8, 4) is 0 Å². The first kappa shape index (κ1) is 19.6. The van der Waals surface area contributed by atoms with Gasteiger partial charge < -0.3 is 0 Å². The summed E-state index contributed by atoms with van der Waals surface area (Å²) in [7, 11) is 0. The van der Waals surface area contributed by atoms with E-state index in [4.69, 9.17) is 0 Å². The minimum absolute atomic E-state index is 0. The van der Waals surface area contributed by atoms with Gasteiger partial charge in [0.05, 0.1) is 0 Å². The van der Waals surface area contributed by atoms with Gasteiger partial charge in [0.15, 0.2) is 0 Å². The highest BCUT2D eigenvalue weighted by Crippen LogP contribution is 2.09. The lowest BCUT2D eigenvalue weighted by atomic mass is 10.1. The Morgan fingerprint density at radius 2 is 0.643 bits per heavy atom. The van der Waals surface area contributed by atoms with E-state index in [0.29, 0.717) is 0 Å². The van der Waals surface area contributed by atoms with E-state index in [1.807, 2.05) is 0 Å². The van der Waals surface area contributed by atoms with E-state index >= 15 is 0 Å². The summed E-state index contributed by atoms with van der Waals surface area (Å²) in [6.45, 7) is 4.56. The Balaban J connectivity index is -0.000000605. The Kier molecular flexibility index (Phi) is 26.1. The van der Waals surface area contributed by atoms with Crippen molar-refractivity contribution in [3.05, 3.63) is 0 Å². The molecule has 0 nitrogen and oxygen atoms in total. The topological polar surface area (TPSA) is 0 Å². The first-order valence-corrected chi connectivity index (χ1v) is 5.91. The third kappa shape index (κ3) is 17.9. The van der Waals surface area contributed by atoms with Crippen LogP contribution in [-0.2, 0) is 0 Å². The number of hydrogen-bond acceptors (Lipinski definition) is 0. The fraction of sp³-hybridized carbons (Fsp3) is 1.00. The zero-order chi connectivity index (χ0) is 9.07. The van der Waals surface area contributed by atoms with Gasteiger partial charge in [-0.3, -0.25) is 0 Å². The number of unbranched alkanes of at least 4 members (excludes halogenated alkanes) is 9. The zero-order valence-electron chi connectivity index (χ0n) is 9.07. The monoisotopic (exact) mass is 202 g/mol. The van der Waals surface area contributed by atoms with Crippen LogP contribution in [0.4, 0.5) is 0 Å². The van der Waals surface area contributed by atoms with Crippen LogP contribution < -0.4 is 0 Å². The van der Waals surface area contributed by atoms with E-state index in [0.717, 1.165) is 0 Å². The summed E-state index contributed by atoms with van der Waals surface area (Å²) in [6.07, 6.45) is 14.4. The summed E-state index contributed by atoms with van der Waals surface area (Å²) in [6, 6.07) is 0. The molecule has 0 aliphatic heterocycles. The third-order valence-electron chi connectivity index (χ3n) is 2.46. The van der Waals surface area contributed by atoms with Crippen molar-refractivity contribution in [2.75, 3.05) is 0 Å². The van der Waals surface area contributed by atoms with Gasteiger partial charge in [-0.2, -0.15) is 0 Å².